The van der Waals surface area contributed by atoms with Gasteiger partial charge < -0.3 is 15.5 Å². The Kier molecular flexibility index (Phi) is 6.75. The number of pyridine rings is 1. The fraction of sp³-hybridized carbons (Fsp3) is 0.429. The van der Waals surface area contributed by atoms with Crippen molar-refractivity contribution >= 4 is 17.3 Å². The molecular weight excluding hydrogens is 324 g/mol. The van der Waals surface area contributed by atoms with E-state index >= 15 is 0 Å². The number of benzene rings is 1. The third-order valence-corrected chi connectivity index (χ3v) is 4.12. The van der Waals surface area contributed by atoms with Gasteiger partial charge in [0.05, 0.1) is 11.9 Å². The predicted octanol–water partition coefficient (Wildman–Crippen LogP) is 4.00. The highest BCUT2D eigenvalue weighted by atomic mass is 16.1. The van der Waals surface area contributed by atoms with Gasteiger partial charge in [0, 0.05) is 12.2 Å². The fourth-order valence-electron chi connectivity index (χ4n) is 2.51. The summed E-state index contributed by atoms with van der Waals surface area (Å²) in [6.07, 6.45) is 2.76. The van der Waals surface area contributed by atoms with Gasteiger partial charge in [-0.15, -0.1) is 0 Å². The second-order valence-corrected chi connectivity index (χ2v) is 7.80. The SMILES string of the molecule is CN(C)CCCNc1ccc(C(=O)Nc2ccc(C(C)(C)C)cc2)nc1. The van der Waals surface area contributed by atoms with Gasteiger partial charge in [-0.3, -0.25) is 4.79 Å². The summed E-state index contributed by atoms with van der Waals surface area (Å²) in [5, 5.41) is 6.21. The molecule has 5 heteroatoms. The highest BCUT2D eigenvalue weighted by Crippen LogP contribution is 2.23. The quantitative estimate of drug-likeness (QED) is 0.738. The summed E-state index contributed by atoms with van der Waals surface area (Å²) < 4.78 is 0. The molecule has 0 unspecified atom stereocenters. The van der Waals surface area contributed by atoms with Gasteiger partial charge in [0.15, 0.2) is 0 Å². The molecule has 26 heavy (non-hydrogen) atoms. The van der Waals surface area contributed by atoms with E-state index in [9.17, 15) is 4.79 Å². The van der Waals surface area contributed by atoms with Crippen molar-refractivity contribution < 1.29 is 4.79 Å². The number of anilines is 2. The highest BCUT2D eigenvalue weighted by Gasteiger charge is 2.13. The standard InChI is InChI=1S/C21H30N4O/c1-21(2,3)16-7-9-17(10-8-16)24-20(26)19-12-11-18(15-23-19)22-13-6-14-25(4)5/h7-12,15,22H,6,13-14H2,1-5H3,(H,24,26). The lowest BCUT2D eigenvalue weighted by Gasteiger charge is -2.19. The molecule has 140 valence electrons. The van der Waals surface area contributed by atoms with Crippen molar-refractivity contribution in [1.29, 1.82) is 0 Å². The Balaban J connectivity index is 1.89. The first-order chi connectivity index (χ1) is 12.3. The summed E-state index contributed by atoms with van der Waals surface area (Å²) in [6, 6.07) is 11.6. The lowest BCUT2D eigenvalue weighted by atomic mass is 9.87. The van der Waals surface area contributed by atoms with Crippen LogP contribution in [0.5, 0.6) is 0 Å². The minimum absolute atomic E-state index is 0.0967. The van der Waals surface area contributed by atoms with E-state index in [0.717, 1.165) is 30.9 Å². The number of amides is 1. The molecule has 0 fully saturated rings. The number of rotatable bonds is 7. The van der Waals surface area contributed by atoms with Gasteiger partial charge in [-0.25, -0.2) is 4.98 Å². The first-order valence-corrected chi connectivity index (χ1v) is 9.02. The van der Waals surface area contributed by atoms with Gasteiger partial charge in [0.25, 0.3) is 5.91 Å². The third kappa shape index (κ3) is 6.15. The molecule has 0 saturated carbocycles. The van der Waals surface area contributed by atoms with E-state index in [2.05, 4.69) is 55.4 Å². The van der Waals surface area contributed by atoms with Crippen LogP contribution in [0.1, 0.15) is 43.2 Å². The topological polar surface area (TPSA) is 57.3 Å². The highest BCUT2D eigenvalue weighted by molar-refractivity contribution is 6.02. The van der Waals surface area contributed by atoms with Gasteiger partial charge in [-0.2, -0.15) is 0 Å². The monoisotopic (exact) mass is 354 g/mol. The van der Waals surface area contributed by atoms with Crippen molar-refractivity contribution in [3.63, 3.8) is 0 Å². The minimum Gasteiger partial charge on any atom is -0.384 e. The van der Waals surface area contributed by atoms with Crippen LogP contribution in [0.4, 0.5) is 11.4 Å². The molecule has 1 aromatic heterocycles. The van der Waals surface area contributed by atoms with Crippen LogP contribution < -0.4 is 10.6 Å². The zero-order valence-electron chi connectivity index (χ0n) is 16.5. The number of carbonyl (C=O) groups is 1. The number of nitrogens with zero attached hydrogens (tertiary/aromatic N) is 2. The molecule has 1 aromatic carbocycles. The Bertz CT molecular complexity index is 700. The van der Waals surface area contributed by atoms with E-state index in [1.807, 2.05) is 30.3 Å². The van der Waals surface area contributed by atoms with Gasteiger partial charge in [-0.05, 0) is 62.3 Å². The second-order valence-electron chi connectivity index (χ2n) is 7.80. The van der Waals surface area contributed by atoms with E-state index in [0.29, 0.717) is 5.69 Å². The fourth-order valence-corrected chi connectivity index (χ4v) is 2.51. The molecule has 0 saturated heterocycles. The van der Waals surface area contributed by atoms with E-state index in [1.165, 1.54) is 5.56 Å². The number of nitrogens with one attached hydrogen (secondary N) is 2. The molecule has 2 N–H and O–H groups in total. The molecule has 2 aromatic rings. The number of aromatic nitrogens is 1. The van der Waals surface area contributed by atoms with Crippen molar-refractivity contribution in [1.82, 2.24) is 9.88 Å². The van der Waals surface area contributed by atoms with E-state index in [4.69, 9.17) is 0 Å². The Hall–Kier alpha value is -2.40. The summed E-state index contributed by atoms with van der Waals surface area (Å²) >= 11 is 0. The van der Waals surface area contributed by atoms with Gasteiger partial charge in [0.1, 0.15) is 5.69 Å². The summed E-state index contributed by atoms with van der Waals surface area (Å²) in [6.45, 7) is 8.42. The van der Waals surface area contributed by atoms with Crippen LogP contribution in [0, 0.1) is 0 Å². The summed E-state index contributed by atoms with van der Waals surface area (Å²) in [5.41, 5.74) is 3.44. The van der Waals surface area contributed by atoms with Crippen molar-refractivity contribution in [3.05, 3.63) is 53.9 Å². The van der Waals surface area contributed by atoms with Gasteiger partial charge in [-0.1, -0.05) is 32.9 Å². The first kappa shape index (κ1) is 19.9. The van der Waals surface area contributed by atoms with Crippen LogP contribution in [0.15, 0.2) is 42.6 Å². The maximum absolute atomic E-state index is 12.3. The average Bonchev–Trinajstić information content (AvgIpc) is 2.59. The summed E-state index contributed by atoms with van der Waals surface area (Å²) in [5.74, 6) is -0.201. The molecule has 0 aliphatic carbocycles. The largest absolute Gasteiger partial charge is 0.384 e. The zero-order valence-corrected chi connectivity index (χ0v) is 16.5. The Morgan fingerprint density at radius 3 is 2.23 bits per heavy atom. The Labute approximate surface area is 156 Å². The zero-order chi connectivity index (χ0) is 19.2. The smallest absolute Gasteiger partial charge is 0.274 e. The van der Waals surface area contributed by atoms with Crippen LogP contribution in [0.25, 0.3) is 0 Å². The molecule has 1 amide bonds. The normalized spacial score (nSPS) is 11.5. The Morgan fingerprint density at radius 2 is 1.69 bits per heavy atom. The van der Waals surface area contributed by atoms with E-state index in [1.54, 1.807) is 12.3 Å². The maximum atomic E-state index is 12.3. The second kappa shape index (κ2) is 8.81. The molecule has 0 spiro atoms. The van der Waals surface area contributed by atoms with Crippen molar-refractivity contribution in [2.24, 2.45) is 0 Å². The van der Waals surface area contributed by atoms with Crippen molar-refractivity contribution in [2.45, 2.75) is 32.6 Å². The summed E-state index contributed by atoms with van der Waals surface area (Å²) in [4.78, 5) is 18.8. The molecule has 0 aliphatic rings. The lowest BCUT2D eigenvalue weighted by Crippen LogP contribution is -2.17. The predicted molar refractivity (Wildman–Crippen MR) is 109 cm³/mol. The molecule has 1 heterocycles. The van der Waals surface area contributed by atoms with Gasteiger partial charge >= 0.3 is 0 Å². The molecule has 0 atom stereocenters. The van der Waals surface area contributed by atoms with Crippen LogP contribution in [-0.4, -0.2) is 43.0 Å². The average molecular weight is 354 g/mol. The van der Waals surface area contributed by atoms with Crippen molar-refractivity contribution in [3.8, 4) is 0 Å². The third-order valence-electron chi connectivity index (χ3n) is 4.12. The van der Waals surface area contributed by atoms with Crippen molar-refractivity contribution in [2.75, 3.05) is 37.8 Å². The number of hydrogen-bond acceptors (Lipinski definition) is 4. The van der Waals surface area contributed by atoms with E-state index < -0.39 is 0 Å². The molecular formula is C21H30N4O. The molecule has 0 aliphatic heterocycles. The van der Waals surface area contributed by atoms with Crippen LogP contribution >= 0.6 is 0 Å². The Morgan fingerprint density at radius 1 is 1.04 bits per heavy atom. The number of hydrogen-bond donors (Lipinski definition) is 2. The van der Waals surface area contributed by atoms with Crippen LogP contribution in [0.3, 0.4) is 0 Å². The minimum atomic E-state index is -0.201. The number of carbonyl (C=O) groups excluding carboxylic acids is 1. The van der Waals surface area contributed by atoms with Gasteiger partial charge in [0.2, 0.25) is 0 Å². The lowest BCUT2D eigenvalue weighted by molar-refractivity contribution is 0.102. The molecule has 5 nitrogen and oxygen atoms in total. The van der Waals surface area contributed by atoms with Crippen LogP contribution in [-0.2, 0) is 5.41 Å². The maximum Gasteiger partial charge on any atom is 0.274 e. The molecule has 0 radical (unpaired) electrons. The molecule has 0 bridgehead atoms. The first-order valence-electron chi connectivity index (χ1n) is 9.02. The molecule has 2 rings (SSSR count). The van der Waals surface area contributed by atoms with Crippen LogP contribution in [0.2, 0.25) is 0 Å². The van der Waals surface area contributed by atoms with E-state index in [-0.39, 0.29) is 11.3 Å². The summed E-state index contributed by atoms with van der Waals surface area (Å²) in [7, 11) is 4.12.